The number of carbonyl (C=O) groups is 1. The van der Waals surface area contributed by atoms with Gasteiger partial charge in [0.1, 0.15) is 35.2 Å². The highest BCUT2D eigenvalue weighted by Crippen LogP contribution is 2.21. The summed E-state index contributed by atoms with van der Waals surface area (Å²) < 4.78 is 5.22. The molecule has 0 radical (unpaired) electrons. The van der Waals surface area contributed by atoms with E-state index in [1.807, 2.05) is 37.4 Å². The van der Waals surface area contributed by atoms with Crippen LogP contribution in [0.3, 0.4) is 0 Å². The molecule has 0 amide bonds. The number of pyridine rings is 1. The van der Waals surface area contributed by atoms with Gasteiger partial charge in [0.05, 0.1) is 0 Å². The summed E-state index contributed by atoms with van der Waals surface area (Å²) in [6.45, 7) is 4.70. The van der Waals surface area contributed by atoms with E-state index in [0.29, 0.717) is 22.8 Å². The summed E-state index contributed by atoms with van der Waals surface area (Å²) in [7, 11) is 0. The molecular weight excluding hydrogens is 334 g/mol. The van der Waals surface area contributed by atoms with E-state index in [4.69, 9.17) is 4.74 Å². The van der Waals surface area contributed by atoms with E-state index in [9.17, 15) is 10.1 Å². The van der Waals surface area contributed by atoms with Crippen LogP contribution in [0.1, 0.15) is 26.4 Å². The number of thiophene rings is 1. The van der Waals surface area contributed by atoms with Gasteiger partial charge in [-0.3, -0.25) is 5.32 Å². The Balaban J connectivity index is 1.70. The van der Waals surface area contributed by atoms with Crippen molar-refractivity contribution in [3.8, 4) is 6.07 Å². The Morgan fingerprint density at radius 3 is 2.92 bits per heavy atom. The fraction of sp³-hybridized carbons (Fsp3) is 0.211. The first-order valence-corrected chi connectivity index (χ1v) is 8.78. The van der Waals surface area contributed by atoms with Crippen LogP contribution >= 0.6 is 11.3 Å². The first-order chi connectivity index (χ1) is 12.1. The topological polar surface area (TPSA) is 76.3 Å². The minimum atomic E-state index is -0.328. The molecule has 0 atom stereocenters. The first-order valence-electron chi connectivity index (χ1n) is 7.90. The van der Waals surface area contributed by atoms with Crippen molar-refractivity contribution in [1.29, 1.82) is 5.26 Å². The van der Waals surface area contributed by atoms with Crippen molar-refractivity contribution < 1.29 is 14.5 Å². The van der Waals surface area contributed by atoms with E-state index in [1.165, 1.54) is 11.3 Å². The van der Waals surface area contributed by atoms with Crippen LogP contribution in [0.5, 0.6) is 0 Å². The maximum Gasteiger partial charge on any atom is 0.348 e. The lowest BCUT2D eigenvalue weighted by molar-refractivity contribution is -0.327. The number of nitriles is 1. The molecule has 5 nitrogen and oxygen atoms in total. The van der Waals surface area contributed by atoms with Gasteiger partial charge in [0, 0.05) is 5.39 Å². The lowest BCUT2D eigenvalue weighted by Gasteiger charge is -2.06. The number of anilines is 1. The maximum absolute atomic E-state index is 11.8. The molecule has 0 unspecified atom stereocenters. The van der Waals surface area contributed by atoms with Gasteiger partial charge >= 0.3 is 5.97 Å². The second kappa shape index (κ2) is 7.32. The van der Waals surface area contributed by atoms with Crippen molar-refractivity contribution in [3.05, 3.63) is 57.3 Å². The third-order valence-electron chi connectivity index (χ3n) is 3.83. The molecule has 0 saturated heterocycles. The molecule has 126 valence electrons. The summed E-state index contributed by atoms with van der Waals surface area (Å²) in [6.07, 6.45) is 0. The minimum absolute atomic E-state index is 0.223. The Hall–Kier alpha value is -2.91. The average molecular weight is 352 g/mol. The number of benzene rings is 1. The van der Waals surface area contributed by atoms with Crippen molar-refractivity contribution in [2.45, 2.75) is 13.8 Å². The van der Waals surface area contributed by atoms with E-state index < -0.39 is 0 Å². The second-order valence-electron chi connectivity index (χ2n) is 5.75. The van der Waals surface area contributed by atoms with E-state index >= 15 is 0 Å². The van der Waals surface area contributed by atoms with E-state index in [0.717, 1.165) is 22.0 Å². The number of ether oxygens (including phenoxy) is 1. The van der Waals surface area contributed by atoms with Gasteiger partial charge in [-0.15, -0.1) is 11.3 Å². The van der Waals surface area contributed by atoms with E-state index in [-0.39, 0.29) is 12.6 Å². The Morgan fingerprint density at radius 2 is 2.20 bits per heavy atom. The molecule has 2 N–H and O–H groups in total. The summed E-state index contributed by atoms with van der Waals surface area (Å²) >= 11 is 1.35. The molecule has 0 fully saturated rings. The number of aromatic nitrogens is 1. The fourth-order valence-corrected chi connectivity index (χ4v) is 3.32. The summed E-state index contributed by atoms with van der Waals surface area (Å²) in [4.78, 5) is 15.6. The van der Waals surface area contributed by atoms with Crippen LogP contribution in [0.15, 0.2) is 35.7 Å². The van der Waals surface area contributed by atoms with Crippen LogP contribution in [0.25, 0.3) is 10.9 Å². The number of carbonyl (C=O) groups excluding carboxylic acids is 1. The standard InChI is InChI=1S/C19H17N3O2S/c1-12-8-13(2)15-10-14(11-20)18(22-16(15)9-12)21-5-6-24-19(23)17-4-3-7-25-17/h3-4,7-10H,5-6H2,1-2H3,(H,21,22)/p+1. The largest absolute Gasteiger partial charge is 0.457 e. The second-order valence-corrected chi connectivity index (χ2v) is 6.70. The number of H-pyrrole nitrogens is 1. The van der Waals surface area contributed by atoms with Crippen molar-refractivity contribution >= 4 is 34.0 Å². The molecule has 0 saturated carbocycles. The van der Waals surface area contributed by atoms with Gasteiger partial charge in [0.2, 0.25) is 0 Å². The summed E-state index contributed by atoms with van der Waals surface area (Å²) in [5.41, 5.74) is 3.78. The first kappa shape index (κ1) is 16.9. The lowest BCUT2D eigenvalue weighted by Crippen LogP contribution is -2.20. The highest BCUT2D eigenvalue weighted by molar-refractivity contribution is 7.11. The molecule has 0 aliphatic heterocycles. The molecular formula is C19H18N3O2S+. The van der Waals surface area contributed by atoms with Crippen LogP contribution in [-0.4, -0.2) is 19.1 Å². The SMILES string of the molecule is Cc1cc(C)c2cc(C#N)c(NCCOC(=O)c3cccs3)[nH+]c2c1. The van der Waals surface area contributed by atoms with Crippen molar-refractivity contribution in [3.63, 3.8) is 0 Å². The van der Waals surface area contributed by atoms with Crippen LogP contribution in [0.2, 0.25) is 0 Å². The summed E-state index contributed by atoms with van der Waals surface area (Å²) in [5, 5.41) is 15.4. The normalized spacial score (nSPS) is 10.4. The van der Waals surface area contributed by atoms with Gasteiger partial charge in [0.25, 0.3) is 5.82 Å². The number of hydrogen-bond donors (Lipinski definition) is 1. The predicted molar refractivity (Wildman–Crippen MR) is 97.8 cm³/mol. The minimum Gasteiger partial charge on any atom is -0.457 e. The molecule has 3 rings (SSSR count). The van der Waals surface area contributed by atoms with Gasteiger partial charge < -0.3 is 4.74 Å². The quantitative estimate of drug-likeness (QED) is 0.563. The summed E-state index contributed by atoms with van der Waals surface area (Å²) in [6, 6.07) is 11.8. The number of esters is 1. The molecule has 0 spiro atoms. The molecule has 25 heavy (non-hydrogen) atoms. The number of fused-ring (bicyclic) bond motifs is 1. The number of aromatic amines is 1. The van der Waals surface area contributed by atoms with Crippen molar-refractivity contribution in [1.82, 2.24) is 0 Å². The molecule has 3 aromatic rings. The van der Waals surface area contributed by atoms with Crippen LogP contribution in [0, 0.1) is 25.2 Å². The molecule has 0 bridgehead atoms. The number of aryl methyl sites for hydroxylation is 2. The third kappa shape index (κ3) is 3.78. The predicted octanol–water partition coefficient (Wildman–Crippen LogP) is 3.47. The molecule has 2 heterocycles. The maximum atomic E-state index is 11.8. The molecule has 0 aliphatic rings. The number of nitrogens with zero attached hydrogens (tertiary/aromatic N) is 1. The zero-order valence-corrected chi connectivity index (χ0v) is 14.9. The molecule has 2 aromatic heterocycles. The van der Waals surface area contributed by atoms with Crippen LogP contribution in [0.4, 0.5) is 5.82 Å². The zero-order chi connectivity index (χ0) is 17.8. The van der Waals surface area contributed by atoms with E-state index in [1.54, 1.807) is 6.07 Å². The van der Waals surface area contributed by atoms with Gasteiger partial charge in [-0.25, -0.2) is 9.78 Å². The Labute approximate surface area is 149 Å². The van der Waals surface area contributed by atoms with Gasteiger partial charge in [-0.1, -0.05) is 12.1 Å². The number of rotatable bonds is 5. The Bertz CT molecular complexity index is 959. The van der Waals surface area contributed by atoms with Crippen LogP contribution in [-0.2, 0) is 4.74 Å². The third-order valence-corrected chi connectivity index (χ3v) is 4.68. The number of nitrogens with one attached hydrogen (secondary N) is 2. The molecule has 1 aromatic carbocycles. The Kier molecular flexibility index (Phi) is 4.96. The number of hydrogen-bond acceptors (Lipinski definition) is 5. The highest BCUT2D eigenvalue weighted by atomic mass is 32.1. The monoisotopic (exact) mass is 352 g/mol. The average Bonchev–Trinajstić information content (AvgIpc) is 3.12. The van der Waals surface area contributed by atoms with Gasteiger partial charge in [-0.05, 0) is 48.6 Å². The van der Waals surface area contributed by atoms with Gasteiger partial charge in [0.15, 0.2) is 0 Å². The highest BCUT2D eigenvalue weighted by Gasteiger charge is 2.14. The molecule has 0 aliphatic carbocycles. The smallest absolute Gasteiger partial charge is 0.348 e. The van der Waals surface area contributed by atoms with Crippen molar-refractivity contribution in [2.24, 2.45) is 0 Å². The fourth-order valence-electron chi connectivity index (χ4n) is 2.71. The summed E-state index contributed by atoms with van der Waals surface area (Å²) in [5.74, 6) is 0.304. The van der Waals surface area contributed by atoms with E-state index in [2.05, 4.69) is 22.4 Å². The molecule has 6 heteroatoms. The van der Waals surface area contributed by atoms with Crippen LogP contribution < -0.4 is 10.3 Å². The Morgan fingerprint density at radius 1 is 1.36 bits per heavy atom. The van der Waals surface area contributed by atoms with Gasteiger partial charge in [-0.2, -0.15) is 5.26 Å². The lowest BCUT2D eigenvalue weighted by atomic mass is 10.0. The van der Waals surface area contributed by atoms with Crippen molar-refractivity contribution in [2.75, 3.05) is 18.5 Å². The zero-order valence-electron chi connectivity index (χ0n) is 14.1.